The number of piperidine rings is 1. The highest BCUT2D eigenvalue weighted by molar-refractivity contribution is 5.74. The smallest absolute Gasteiger partial charge is 0.334 e. The Bertz CT molecular complexity index is 707. The SMILES string of the molecule is COC(=O)[C@H](O)C1CCN(Cc2ccc(-n3ccnc3)cc2C)CC1. The van der Waals surface area contributed by atoms with E-state index in [1.807, 2.05) is 10.8 Å². The van der Waals surface area contributed by atoms with E-state index < -0.39 is 12.1 Å². The van der Waals surface area contributed by atoms with E-state index in [4.69, 9.17) is 0 Å². The number of carbonyl (C=O) groups is 1. The normalized spacial score (nSPS) is 17.4. The molecule has 2 aromatic rings. The highest BCUT2D eigenvalue weighted by Gasteiger charge is 2.30. The number of esters is 1. The van der Waals surface area contributed by atoms with Crippen molar-refractivity contribution >= 4 is 5.97 Å². The molecule has 1 aromatic carbocycles. The van der Waals surface area contributed by atoms with Gasteiger partial charge in [0.2, 0.25) is 0 Å². The van der Waals surface area contributed by atoms with Crippen LogP contribution in [0.5, 0.6) is 0 Å². The lowest BCUT2D eigenvalue weighted by atomic mass is 9.91. The van der Waals surface area contributed by atoms with Gasteiger partial charge in [-0.25, -0.2) is 9.78 Å². The summed E-state index contributed by atoms with van der Waals surface area (Å²) in [6.07, 6.45) is 6.13. The molecule has 1 atom stereocenters. The molecule has 1 aliphatic heterocycles. The van der Waals surface area contributed by atoms with Gasteiger partial charge < -0.3 is 14.4 Å². The predicted molar refractivity (Wildman–Crippen MR) is 94.3 cm³/mol. The fourth-order valence-corrected chi connectivity index (χ4v) is 3.41. The highest BCUT2D eigenvalue weighted by atomic mass is 16.5. The number of benzene rings is 1. The summed E-state index contributed by atoms with van der Waals surface area (Å²) in [6.45, 7) is 4.77. The summed E-state index contributed by atoms with van der Waals surface area (Å²) in [5.74, 6) is -0.530. The zero-order chi connectivity index (χ0) is 17.8. The third-order valence-corrected chi connectivity index (χ3v) is 5.04. The summed E-state index contributed by atoms with van der Waals surface area (Å²) in [5, 5.41) is 9.98. The molecule has 1 aromatic heterocycles. The number of imidazole rings is 1. The van der Waals surface area contributed by atoms with E-state index in [9.17, 15) is 9.90 Å². The molecule has 1 aliphatic rings. The maximum atomic E-state index is 11.5. The van der Waals surface area contributed by atoms with E-state index in [0.29, 0.717) is 0 Å². The molecular weight excluding hydrogens is 318 g/mol. The molecule has 0 saturated carbocycles. The van der Waals surface area contributed by atoms with E-state index in [0.717, 1.165) is 38.2 Å². The number of aryl methyl sites for hydroxylation is 1. The Morgan fingerprint density at radius 3 is 2.76 bits per heavy atom. The second kappa shape index (κ2) is 7.80. The number of hydrogen-bond acceptors (Lipinski definition) is 5. The van der Waals surface area contributed by atoms with E-state index in [1.165, 1.54) is 18.2 Å². The number of carbonyl (C=O) groups excluding carboxylic acids is 1. The zero-order valence-corrected chi connectivity index (χ0v) is 14.8. The van der Waals surface area contributed by atoms with Gasteiger partial charge in [-0.1, -0.05) is 6.07 Å². The van der Waals surface area contributed by atoms with Gasteiger partial charge in [0, 0.05) is 24.6 Å². The molecule has 0 unspecified atom stereocenters. The van der Waals surface area contributed by atoms with Crippen molar-refractivity contribution in [1.29, 1.82) is 0 Å². The van der Waals surface area contributed by atoms with Gasteiger partial charge in [0.15, 0.2) is 6.10 Å². The standard InChI is InChI=1S/C19H25N3O3/c1-14-11-17(22-10-7-20-13-22)4-3-16(14)12-21-8-5-15(6-9-21)18(23)19(24)25-2/h3-4,7,10-11,13,15,18,23H,5-6,8-9,12H2,1-2H3/t18-/m1/s1. The summed E-state index contributed by atoms with van der Waals surface area (Å²) in [7, 11) is 1.32. The second-order valence-corrected chi connectivity index (χ2v) is 6.66. The first-order valence-corrected chi connectivity index (χ1v) is 8.64. The summed E-state index contributed by atoms with van der Waals surface area (Å²) in [6, 6.07) is 6.45. The number of ether oxygens (including phenoxy) is 1. The molecule has 2 heterocycles. The van der Waals surface area contributed by atoms with Crippen LogP contribution in [0, 0.1) is 12.8 Å². The van der Waals surface area contributed by atoms with Gasteiger partial charge in [0.25, 0.3) is 0 Å². The molecule has 25 heavy (non-hydrogen) atoms. The monoisotopic (exact) mass is 343 g/mol. The van der Waals surface area contributed by atoms with Crippen LogP contribution in [0.1, 0.15) is 24.0 Å². The first-order chi connectivity index (χ1) is 12.1. The molecule has 1 N–H and O–H groups in total. The highest BCUT2D eigenvalue weighted by Crippen LogP contribution is 2.24. The van der Waals surface area contributed by atoms with Crippen molar-refractivity contribution in [3.8, 4) is 5.69 Å². The van der Waals surface area contributed by atoms with Crippen LogP contribution in [-0.4, -0.2) is 51.8 Å². The maximum absolute atomic E-state index is 11.5. The van der Waals surface area contributed by atoms with Crippen molar-refractivity contribution in [3.63, 3.8) is 0 Å². The number of rotatable bonds is 5. The second-order valence-electron chi connectivity index (χ2n) is 6.66. The molecule has 0 spiro atoms. The van der Waals surface area contributed by atoms with Crippen molar-refractivity contribution in [3.05, 3.63) is 48.0 Å². The molecule has 0 aliphatic carbocycles. The molecule has 6 heteroatoms. The molecule has 6 nitrogen and oxygen atoms in total. The third-order valence-electron chi connectivity index (χ3n) is 5.04. The van der Waals surface area contributed by atoms with Crippen LogP contribution in [0.3, 0.4) is 0 Å². The van der Waals surface area contributed by atoms with Crippen LogP contribution in [0.15, 0.2) is 36.9 Å². The fraction of sp³-hybridized carbons (Fsp3) is 0.474. The van der Waals surface area contributed by atoms with E-state index in [-0.39, 0.29) is 5.92 Å². The molecule has 0 radical (unpaired) electrons. The first-order valence-electron chi connectivity index (χ1n) is 8.64. The largest absolute Gasteiger partial charge is 0.467 e. The van der Waals surface area contributed by atoms with Crippen molar-refractivity contribution < 1.29 is 14.6 Å². The average Bonchev–Trinajstić information content (AvgIpc) is 3.17. The van der Waals surface area contributed by atoms with E-state index >= 15 is 0 Å². The Morgan fingerprint density at radius 2 is 2.16 bits per heavy atom. The lowest BCUT2D eigenvalue weighted by Gasteiger charge is -2.33. The van der Waals surface area contributed by atoms with Gasteiger partial charge in [-0.15, -0.1) is 0 Å². The van der Waals surface area contributed by atoms with Crippen LogP contribution < -0.4 is 0 Å². The summed E-state index contributed by atoms with van der Waals surface area (Å²) in [5.41, 5.74) is 3.66. The maximum Gasteiger partial charge on any atom is 0.334 e. The summed E-state index contributed by atoms with van der Waals surface area (Å²) in [4.78, 5) is 17.9. The van der Waals surface area contributed by atoms with Gasteiger partial charge in [0.1, 0.15) is 0 Å². The molecule has 1 fully saturated rings. The van der Waals surface area contributed by atoms with Gasteiger partial charge >= 0.3 is 5.97 Å². The average molecular weight is 343 g/mol. The van der Waals surface area contributed by atoms with Crippen molar-refractivity contribution in [2.24, 2.45) is 5.92 Å². The van der Waals surface area contributed by atoms with Gasteiger partial charge in [-0.2, -0.15) is 0 Å². The van der Waals surface area contributed by atoms with Gasteiger partial charge in [0.05, 0.1) is 13.4 Å². The Labute approximate surface area is 148 Å². The van der Waals surface area contributed by atoms with Crippen LogP contribution in [0.25, 0.3) is 5.69 Å². The summed E-state index contributed by atoms with van der Waals surface area (Å²) < 4.78 is 6.63. The molecule has 0 amide bonds. The van der Waals surface area contributed by atoms with E-state index in [1.54, 1.807) is 12.5 Å². The topological polar surface area (TPSA) is 67.6 Å². The zero-order valence-electron chi connectivity index (χ0n) is 14.8. The van der Waals surface area contributed by atoms with Crippen LogP contribution in [-0.2, 0) is 16.1 Å². The molecule has 0 bridgehead atoms. The van der Waals surface area contributed by atoms with Crippen molar-refractivity contribution in [1.82, 2.24) is 14.5 Å². The Balaban J connectivity index is 1.58. The number of aliphatic hydroxyl groups is 1. The molecule has 3 rings (SSSR count). The lowest BCUT2D eigenvalue weighted by molar-refractivity contribution is -0.154. The number of hydrogen-bond donors (Lipinski definition) is 1. The number of methoxy groups -OCH3 is 1. The lowest BCUT2D eigenvalue weighted by Crippen LogP contribution is -2.40. The minimum atomic E-state index is -0.997. The van der Waals surface area contributed by atoms with Crippen molar-refractivity contribution in [2.45, 2.75) is 32.4 Å². The fourth-order valence-electron chi connectivity index (χ4n) is 3.41. The third kappa shape index (κ3) is 4.08. The Morgan fingerprint density at radius 1 is 1.40 bits per heavy atom. The molecule has 134 valence electrons. The number of likely N-dealkylation sites (tertiary alicyclic amines) is 1. The number of aliphatic hydroxyl groups excluding tert-OH is 1. The molecule has 1 saturated heterocycles. The first kappa shape index (κ1) is 17.6. The quantitative estimate of drug-likeness (QED) is 0.840. The predicted octanol–water partition coefficient (Wildman–Crippen LogP) is 1.93. The van der Waals surface area contributed by atoms with E-state index in [2.05, 4.69) is 39.7 Å². The van der Waals surface area contributed by atoms with Gasteiger partial charge in [-0.3, -0.25) is 4.90 Å². The number of nitrogens with zero attached hydrogens (tertiary/aromatic N) is 3. The van der Waals surface area contributed by atoms with Gasteiger partial charge in [-0.05, 0) is 62.0 Å². The molecular formula is C19H25N3O3. The minimum absolute atomic E-state index is 0.00610. The Kier molecular flexibility index (Phi) is 5.50. The Hall–Kier alpha value is -2.18. The summed E-state index contributed by atoms with van der Waals surface area (Å²) >= 11 is 0. The van der Waals surface area contributed by atoms with Crippen LogP contribution in [0.4, 0.5) is 0 Å². The van der Waals surface area contributed by atoms with Crippen LogP contribution >= 0.6 is 0 Å². The van der Waals surface area contributed by atoms with Crippen molar-refractivity contribution in [2.75, 3.05) is 20.2 Å². The minimum Gasteiger partial charge on any atom is -0.467 e. The van der Waals surface area contributed by atoms with Crippen LogP contribution in [0.2, 0.25) is 0 Å². The number of aromatic nitrogens is 2.